The van der Waals surface area contributed by atoms with Crippen LogP contribution in [0.3, 0.4) is 0 Å². The van der Waals surface area contributed by atoms with E-state index in [9.17, 15) is 0 Å². The molecule has 0 N–H and O–H groups in total. The molecule has 0 atom stereocenters. The largest absolute Gasteiger partial charge is 0.286 e. The molecule has 4 nitrogen and oxygen atoms in total. The predicted octanol–water partition coefficient (Wildman–Crippen LogP) is 0.541. The third kappa shape index (κ3) is 1.80. The minimum absolute atomic E-state index is 0.844. The Morgan fingerprint density at radius 2 is 1.40 bits per heavy atom. The summed E-state index contributed by atoms with van der Waals surface area (Å²) in [5.41, 5.74) is 0. The van der Waals surface area contributed by atoms with E-state index in [2.05, 4.69) is 28.5 Å². The highest BCUT2D eigenvalue weighted by atomic mass is 15.7. The van der Waals surface area contributed by atoms with E-state index in [0.29, 0.717) is 0 Å². The van der Waals surface area contributed by atoms with Crippen LogP contribution in [-0.2, 0) is 0 Å². The van der Waals surface area contributed by atoms with Gasteiger partial charge in [0.2, 0.25) is 0 Å². The van der Waals surface area contributed by atoms with Crippen molar-refractivity contribution >= 4 is 0 Å². The minimum Gasteiger partial charge on any atom is -0.286 e. The van der Waals surface area contributed by atoms with Crippen LogP contribution in [0.1, 0.15) is 20.3 Å². The number of hydrogen-bond donors (Lipinski definition) is 0. The van der Waals surface area contributed by atoms with Crippen LogP contribution in [0.25, 0.3) is 0 Å². The van der Waals surface area contributed by atoms with Crippen molar-refractivity contribution in [2.75, 3.05) is 46.6 Å². The molecule has 4 aliphatic heterocycles. The highest BCUT2D eigenvalue weighted by Gasteiger charge is 2.47. The van der Waals surface area contributed by atoms with Gasteiger partial charge in [0.15, 0.2) is 0 Å². The van der Waals surface area contributed by atoms with Gasteiger partial charge in [0.25, 0.3) is 0 Å². The van der Waals surface area contributed by atoms with Gasteiger partial charge in [-0.25, -0.2) is 14.7 Å². The lowest BCUT2D eigenvalue weighted by atomic mass is 10.1. The third-order valence-corrected chi connectivity index (χ3v) is 3.88. The fourth-order valence-corrected chi connectivity index (χ4v) is 3.40. The first-order valence-electron chi connectivity index (χ1n) is 6.17. The molecule has 0 aliphatic carbocycles. The van der Waals surface area contributed by atoms with Crippen LogP contribution < -0.4 is 0 Å². The summed E-state index contributed by atoms with van der Waals surface area (Å²) in [5.74, 6) is 0.844. The molecule has 15 heavy (non-hydrogen) atoms. The number of quaternary nitrogens is 1. The van der Waals surface area contributed by atoms with Crippen molar-refractivity contribution in [1.82, 2.24) is 14.7 Å². The van der Waals surface area contributed by atoms with Gasteiger partial charge in [-0.2, -0.15) is 0 Å². The quantitative estimate of drug-likeness (QED) is 0.631. The van der Waals surface area contributed by atoms with Gasteiger partial charge in [0.05, 0.1) is 26.6 Å². The van der Waals surface area contributed by atoms with Gasteiger partial charge in [0, 0.05) is 0 Å². The van der Waals surface area contributed by atoms with Crippen molar-refractivity contribution in [3.63, 3.8) is 0 Å². The molecule has 4 fully saturated rings. The normalized spacial score (nSPS) is 47.8. The Kier molecular flexibility index (Phi) is 2.28. The molecule has 4 heteroatoms. The molecular weight excluding hydrogens is 188 g/mol. The predicted molar refractivity (Wildman–Crippen MR) is 59.3 cm³/mol. The van der Waals surface area contributed by atoms with Gasteiger partial charge in [-0.1, -0.05) is 13.8 Å². The van der Waals surface area contributed by atoms with E-state index in [0.717, 1.165) is 5.92 Å². The molecule has 0 radical (unpaired) electrons. The monoisotopic (exact) mass is 211 g/mol. The van der Waals surface area contributed by atoms with Gasteiger partial charge in [-0.15, -0.1) is 0 Å². The second kappa shape index (κ2) is 3.42. The molecular formula is C11H23N4+. The van der Waals surface area contributed by atoms with Crippen molar-refractivity contribution in [3.8, 4) is 0 Å². The van der Waals surface area contributed by atoms with Crippen LogP contribution in [0.5, 0.6) is 0 Å². The van der Waals surface area contributed by atoms with Gasteiger partial charge < -0.3 is 0 Å². The lowest BCUT2D eigenvalue weighted by Crippen LogP contribution is -2.79. The van der Waals surface area contributed by atoms with E-state index in [1.165, 1.54) is 57.5 Å². The molecule has 0 aromatic carbocycles. The van der Waals surface area contributed by atoms with Gasteiger partial charge in [-0.3, -0.25) is 4.48 Å². The molecule has 0 amide bonds. The van der Waals surface area contributed by atoms with Gasteiger partial charge >= 0.3 is 0 Å². The molecule has 4 bridgehead atoms. The summed E-state index contributed by atoms with van der Waals surface area (Å²) < 4.78 is 1.30. The van der Waals surface area contributed by atoms with E-state index < -0.39 is 0 Å². The average Bonchev–Trinajstić information content (AvgIpc) is 2.12. The summed E-state index contributed by atoms with van der Waals surface area (Å²) >= 11 is 0. The molecule has 86 valence electrons. The summed E-state index contributed by atoms with van der Waals surface area (Å²) in [5, 5.41) is 0. The van der Waals surface area contributed by atoms with Crippen molar-refractivity contribution in [3.05, 3.63) is 0 Å². The lowest BCUT2D eigenvalue weighted by molar-refractivity contribution is -0.980. The third-order valence-electron chi connectivity index (χ3n) is 3.88. The molecule has 4 heterocycles. The van der Waals surface area contributed by atoms with E-state index in [-0.39, 0.29) is 0 Å². The maximum absolute atomic E-state index is 2.59. The molecule has 0 spiro atoms. The van der Waals surface area contributed by atoms with Crippen molar-refractivity contribution in [2.24, 2.45) is 5.92 Å². The molecule has 4 aliphatic rings. The number of hydrogen-bond acceptors (Lipinski definition) is 3. The molecule has 0 aromatic heterocycles. The Morgan fingerprint density at radius 3 is 1.80 bits per heavy atom. The molecule has 4 saturated heterocycles. The summed E-state index contributed by atoms with van der Waals surface area (Å²) in [6, 6.07) is 0. The van der Waals surface area contributed by atoms with E-state index in [1.807, 2.05) is 0 Å². The molecule has 0 unspecified atom stereocenters. The van der Waals surface area contributed by atoms with Crippen LogP contribution in [-0.4, -0.2) is 65.7 Å². The zero-order chi connectivity index (χ0) is 10.5. The Bertz CT molecular complexity index is 216. The van der Waals surface area contributed by atoms with Crippen LogP contribution in [0.2, 0.25) is 0 Å². The maximum Gasteiger partial charge on any atom is 0.139 e. The Balaban J connectivity index is 1.70. The Morgan fingerprint density at radius 1 is 0.933 bits per heavy atom. The van der Waals surface area contributed by atoms with Crippen molar-refractivity contribution in [2.45, 2.75) is 20.3 Å². The SMILES string of the molecule is CC(C)CC[N+]12CN3CN(CN(C3)C1)C2. The molecule has 0 saturated carbocycles. The highest BCUT2D eigenvalue weighted by molar-refractivity contribution is 4.74. The van der Waals surface area contributed by atoms with Crippen LogP contribution in [0, 0.1) is 5.92 Å². The summed E-state index contributed by atoms with van der Waals surface area (Å²) in [4.78, 5) is 7.78. The first kappa shape index (κ1) is 10.0. The summed E-state index contributed by atoms with van der Waals surface area (Å²) in [6.07, 6.45) is 1.37. The smallest absolute Gasteiger partial charge is 0.139 e. The van der Waals surface area contributed by atoms with Gasteiger partial charge in [0.1, 0.15) is 20.0 Å². The standard InChI is InChI=1S/C11H23N4/c1-11(2)3-4-15-8-12-5-13(9-15)7-14(6-12)10-15/h11H,3-10H2,1-2H3/q+1. The summed E-state index contributed by atoms with van der Waals surface area (Å²) in [6.45, 7) is 13.5. The van der Waals surface area contributed by atoms with E-state index in [4.69, 9.17) is 0 Å². The fourth-order valence-electron chi connectivity index (χ4n) is 3.40. The van der Waals surface area contributed by atoms with Gasteiger partial charge in [-0.05, 0) is 12.3 Å². The zero-order valence-electron chi connectivity index (χ0n) is 10.0. The Hall–Kier alpha value is -0.160. The number of rotatable bonds is 3. The first-order valence-corrected chi connectivity index (χ1v) is 6.17. The first-order chi connectivity index (χ1) is 7.15. The van der Waals surface area contributed by atoms with Crippen LogP contribution in [0.4, 0.5) is 0 Å². The molecule has 0 aromatic rings. The topological polar surface area (TPSA) is 9.72 Å². The van der Waals surface area contributed by atoms with E-state index in [1.54, 1.807) is 0 Å². The second-order valence-corrected chi connectivity index (χ2v) is 6.11. The fraction of sp³-hybridized carbons (Fsp3) is 1.00. The van der Waals surface area contributed by atoms with E-state index >= 15 is 0 Å². The highest BCUT2D eigenvalue weighted by Crippen LogP contribution is 2.29. The zero-order valence-corrected chi connectivity index (χ0v) is 10.0. The van der Waals surface area contributed by atoms with Crippen LogP contribution >= 0.6 is 0 Å². The maximum atomic E-state index is 2.59. The second-order valence-electron chi connectivity index (χ2n) is 6.11. The van der Waals surface area contributed by atoms with Crippen molar-refractivity contribution < 1.29 is 4.48 Å². The lowest BCUT2D eigenvalue weighted by Gasteiger charge is -2.61. The summed E-state index contributed by atoms with van der Waals surface area (Å²) in [7, 11) is 0. The van der Waals surface area contributed by atoms with Crippen LogP contribution in [0.15, 0.2) is 0 Å². The van der Waals surface area contributed by atoms with Crippen molar-refractivity contribution in [1.29, 1.82) is 0 Å². The molecule has 4 rings (SSSR count). The Labute approximate surface area is 92.6 Å². The minimum atomic E-state index is 0.844. The number of nitrogens with zero attached hydrogens (tertiary/aromatic N) is 4. The average molecular weight is 211 g/mol.